The Hall–Kier alpha value is -1.39. The molecule has 2 heterocycles. The van der Waals surface area contributed by atoms with Crippen LogP contribution in [0.4, 0.5) is 0 Å². The van der Waals surface area contributed by atoms with Crippen molar-refractivity contribution in [2.24, 2.45) is 0 Å². The molecular formula is C13H20N2O3. The second-order valence-corrected chi connectivity index (χ2v) is 5.13. The number of ketones is 1. The molecule has 5 nitrogen and oxygen atoms in total. The molecule has 18 heavy (non-hydrogen) atoms. The highest BCUT2D eigenvalue weighted by molar-refractivity contribution is 5.95. The summed E-state index contributed by atoms with van der Waals surface area (Å²) in [7, 11) is 0. The van der Waals surface area contributed by atoms with Crippen LogP contribution >= 0.6 is 0 Å². The topological polar surface area (TPSA) is 75.3 Å². The van der Waals surface area contributed by atoms with Crippen molar-refractivity contribution < 1.29 is 14.4 Å². The normalized spacial score (nSPS) is 29.8. The molecule has 2 amide bonds. The molecule has 0 aromatic rings. The average Bonchev–Trinajstić information content (AvgIpc) is 2.68. The lowest BCUT2D eigenvalue weighted by Gasteiger charge is -2.21. The van der Waals surface area contributed by atoms with Crippen LogP contribution in [-0.4, -0.2) is 29.7 Å². The van der Waals surface area contributed by atoms with Gasteiger partial charge < -0.3 is 10.6 Å². The van der Waals surface area contributed by atoms with Gasteiger partial charge in [0, 0.05) is 12.8 Å². The molecule has 0 bridgehead atoms. The first-order chi connectivity index (χ1) is 8.66. The SMILES string of the molecule is O=C1CCCCC(C(=O)C2CCCCC(=O)N2)N1. The van der Waals surface area contributed by atoms with E-state index in [9.17, 15) is 14.4 Å². The zero-order valence-electron chi connectivity index (χ0n) is 10.5. The molecule has 5 heteroatoms. The summed E-state index contributed by atoms with van der Waals surface area (Å²) in [6.45, 7) is 0. The number of Topliss-reactive ketones (excluding diaryl/α,β-unsaturated/α-hetero) is 1. The molecule has 0 radical (unpaired) electrons. The summed E-state index contributed by atoms with van der Waals surface area (Å²) in [5.74, 6) is -0.128. The van der Waals surface area contributed by atoms with Crippen molar-refractivity contribution in [1.82, 2.24) is 10.6 Å². The molecule has 0 aliphatic carbocycles. The first-order valence-electron chi connectivity index (χ1n) is 6.79. The van der Waals surface area contributed by atoms with E-state index in [-0.39, 0.29) is 17.6 Å². The van der Waals surface area contributed by atoms with Crippen LogP contribution in [0.15, 0.2) is 0 Å². The van der Waals surface area contributed by atoms with E-state index >= 15 is 0 Å². The summed E-state index contributed by atoms with van der Waals surface area (Å²) in [5, 5.41) is 5.54. The Labute approximate surface area is 107 Å². The van der Waals surface area contributed by atoms with Gasteiger partial charge in [0.1, 0.15) is 0 Å². The summed E-state index contributed by atoms with van der Waals surface area (Å²) < 4.78 is 0. The highest BCUT2D eigenvalue weighted by atomic mass is 16.2. The van der Waals surface area contributed by atoms with Crippen LogP contribution in [0.1, 0.15) is 51.4 Å². The van der Waals surface area contributed by atoms with Gasteiger partial charge in [0.25, 0.3) is 0 Å². The Bertz CT molecular complexity index is 322. The molecule has 0 spiro atoms. The summed E-state index contributed by atoms with van der Waals surface area (Å²) in [5.41, 5.74) is 0. The summed E-state index contributed by atoms with van der Waals surface area (Å²) in [4.78, 5) is 35.2. The van der Waals surface area contributed by atoms with E-state index in [2.05, 4.69) is 10.6 Å². The predicted molar refractivity (Wildman–Crippen MR) is 65.8 cm³/mol. The predicted octanol–water partition coefficient (Wildman–Crippen LogP) is 0.673. The van der Waals surface area contributed by atoms with E-state index < -0.39 is 12.1 Å². The van der Waals surface area contributed by atoms with Crippen molar-refractivity contribution in [3.63, 3.8) is 0 Å². The van der Waals surface area contributed by atoms with Gasteiger partial charge in [0.2, 0.25) is 11.8 Å². The minimum atomic E-state index is -0.414. The quantitative estimate of drug-likeness (QED) is 0.758. The second-order valence-electron chi connectivity index (χ2n) is 5.13. The number of nitrogens with one attached hydrogen (secondary N) is 2. The lowest BCUT2D eigenvalue weighted by Crippen LogP contribution is -2.50. The van der Waals surface area contributed by atoms with E-state index in [1.807, 2.05) is 0 Å². The molecular weight excluding hydrogens is 232 g/mol. The Kier molecular flexibility index (Phi) is 4.33. The van der Waals surface area contributed by atoms with E-state index in [1.54, 1.807) is 0 Å². The Balaban J connectivity index is 1.99. The van der Waals surface area contributed by atoms with E-state index in [0.717, 1.165) is 25.7 Å². The molecule has 2 aliphatic heterocycles. The van der Waals surface area contributed by atoms with Crippen LogP contribution in [0.25, 0.3) is 0 Å². The number of hydrogen-bond acceptors (Lipinski definition) is 3. The molecule has 0 aromatic heterocycles. The van der Waals surface area contributed by atoms with Crippen LogP contribution in [0, 0.1) is 0 Å². The van der Waals surface area contributed by atoms with Crippen molar-refractivity contribution in [3.05, 3.63) is 0 Å². The van der Waals surface area contributed by atoms with Crippen LogP contribution in [-0.2, 0) is 14.4 Å². The third kappa shape index (κ3) is 3.31. The van der Waals surface area contributed by atoms with E-state index in [4.69, 9.17) is 0 Å². The van der Waals surface area contributed by atoms with Crippen LogP contribution in [0.3, 0.4) is 0 Å². The van der Waals surface area contributed by atoms with Gasteiger partial charge in [0.05, 0.1) is 12.1 Å². The third-order valence-corrected chi connectivity index (χ3v) is 3.65. The van der Waals surface area contributed by atoms with E-state index in [1.165, 1.54) is 0 Å². The van der Waals surface area contributed by atoms with Crippen molar-refractivity contribution in [2.75, 3.05) is 0 Å². The number of hydrogen-bond donors (Lipinski definition) is 2. The molecule has 2 atom stereocenters. The Morgan fingerprint density at radius 3 is 1.72 bits per heavy atom. The first-order valence-corrected chi connectivity index (χ1v) is 6.79. The zero-order chi connectivity index (χ0) is 13.0. The van der Waals surface area contributed by atoms with Crippen molar-refractivity contribution in [3.8, 4) is 0 Å². The molecule has 100 valence electrons. The molecule has 0 aromatic carbocycles. The van der Waals surface area contributed by atoms with Gasteiger partial charge in [-0.05, 0) is 25.7 Å². The lowest BCUT2D eigenvalue weighted by molar-refractivity contribution is -0.130. The van der Waals surface area contributed by atoms with Gasteiger partial charge in [-0.1, -0.05) is 12.8 Å². The van der Waals surface area contributed by atoms with Crippen molar-refractivity contribution in [1.29, 1.82) is 0 Å². The Morgan fingerprint density at radius 2 is 1.28 bits per heavy atom. The summed E-state index contributed by atoms with van der Waals surface area (Å²) >= 11 is 0. The summed E-state index contributed by atoms with van der Waals surface area (Å²) in [6, 6.07) is -0.827. The minimum absolute atomic E-state index is 0.0273. The number of amides is 2. The molecule has 0 saturated carbocycles. The standard InChI is InChI=1S/C13H20N2O3/c16-11-7-3-1-5-9(14-11)13(18)10-6-2-4-8-12(17)15-10/h9-10H,1-8H2,(H,14,16)(H,15,17). The smallest absolute Gasteiger partial charge is 0.220 e. The third-order valence-electron chi connectivity index (χ3n) is 3.65. The van der Waals surface area contributed by atoms with Gasteiger partial charge in [0.15, 0.2) is 5.78 Å². The fourth-order valence-electron chi connectivity index (χ4n) is 2.61. The number of carbonyl (C=O) groups excluding carboxylic acids is 3. The van der Waals surface area contributed by atoms with Crippen molar-refractivity contribution >= 4 is 17.6 Å². The lowest BCUT2D eigenvalue weighted by atomic mass is 9.98. The molecule has 2 N–H and O–H groups in total. The second kappa shape index (κ2) is 5.98. The molecule has 2 saturated heterocycles. The number of rotatable bonds is 2. The average molecular weight is 252 g/mol. The van der Waals surface area contributed by atoms with E-state index in [0.29, 0.717) is 25.7 Å². The maximum atomic E-state index is 12.3. The van der Waals surface area contributed by atoms with Crippen LogP contribution < -0.4 is 10.6 Å². The maximum absolute atomic E-state index is 12.3. The summed E-state index contributed by atoms with van der Waals surface area (Å²) in [6.07, 6.45) is 5.83. The highest BCUT2D eigenvalue weighted by Gasteiger charge is 2.31. The van der Waals surface area contributed by atoms with Gasteiger partial charge in [-0.15, -0.1) is 0 Å². The molecule has 2 fully saturated rings. The van der Waals surface area contributed by atoms with Crippen LogP contribution in [0.5, 0.6) is 0 Å². The molecule has 2 aliphatic rings. The zero-order valence-corrected chi connectivity index (χ0v) is 10.5. The van der Waals surface area contributed by atoms with Gasteiger partial charge in [-0.3, -0.25) is 14.4 Å². The highest BCUT2D eigenvalue weighted by Crippen LogP contribution is 2.16. The number of carbonyl (C=O) groups is 3. The van der Waals surface area contributed by atoms with Gasteiger partial charge in [-0.2, -0.15) is 0 Å². The van der Waals surface area contributed by atoms with Gasteiger partial charge >= 0.3 is 0 Å². The Morgan fingerprint density at radius 1 is 0.833 bits per heavy atom. The monoisotopic (exact) mass is 252 g/mol. The fourth-order valence-corrected chi connectivity index (χ4v) is 2.61. The molecule has 2 unspecified atom stereocenters. The first kappa shape index (κ1) is 13.1. The minimum Gasteiger partial charge on any atom is -0.346 e. The van der Waals surface area contributed by atoms with Crippen molar-refractivity contribution in [2.45, 2.75) is 63.5 Å². The van der Waals surface area contributed by atoms with Crippen LogP contribution in [0.2, 0.25) is 0 Å². The maximum Gasteiger partial charge on any atom is 0.220 e. The van der Waals surface area contributed by atoms with Gasteiger partial charge in [-0.25, -0.2) is 0 Å². The fraction of sp³-hybridized carbons (Fsp3) is 0.769. The largest absolute Gasteiger partial charge is 0.346 e. The molecule has 2 rings (SSSR count).